The zero-order valence-corrected chi connectivity index (χ0v) is 11.2. The zero-order valence-electron chi connectivity index (χ0n) is 11.2. The number of carbonyl (C=O) groups excluding carboxylic acids is 1. The van der Waals surface area contributed by atoms with Crippen LogP contribution in [0.25, 0.3) is 0 Å². The molecule has 5 nitrogen and oxygen atoms in total. The van der Waals surface area contributed by atoms with Gasteiger partial charge >= 0.3 is 0 Å². The van der Waals surface area contributed by atoms with Crippen molar-refractivity contribution in [1.82, 2.24) is 10.2 Å². The largest absolute Gasteiger partial charge is 0.385 e. The van der Waals surface area contributed by atoms with Gasteiger partial charge in [-0.05, 0) is 44.7 Å². The first-order valence-electron chi connectivity index (χ1n) is 6.98. The monoisotopic (exact) mass is 255 g/mol. The number of rotatable bonds is 6. The second-order valence-electron chi connectivity index (χ2n) is 5.49. The second kappa shape index (κ2) is 6.50. The molecule has 104 valence electrons. The van der Waals surface area contributed by atoms with Crippen LogP contribution in [0.4, 0.5) is 0 Å². The highest BCUT2D eigenvalue weighted by molar-refractivity contribution is 5.81. The Hall–Kier alpha value is -0.650. The van der Waals surface area contributed by atoms with E-state index in [1.54, 1.807) is 7.11 Å². The molecule has 3 fully saturated rings. The third-order valence-corrected chi connectivity index (χ3v) is 4.18. The van der Waals surface area contributed by atoms with E-state index < -0.39 is 6.04 Å². The zero-order chi connectivity index (χ0) is 13.0. The van der Waals surface area contributed by atoms with Crippen molar-refractivity contribution in [3.63, 3.8) is 0 Å². The molecule has 2 bridgehead atoms. The first kappa shape index (κ1) is 13.8. The summed E-state index contributed by atoms with van der Waals surface area (Å²) in [5, 5.41) is 3.13. The predicted molar refractivity (Wildman–Crippen MR) is 70.2 cm³/mol. The molecule has 2 atom stereocenters. The van der Waals surface area contributed by atoms with Gasteiger partial charge in [-0.1, -0.05) is 0 Å². The third-order valence-electron chi connectivity index (χ3n) is 4.18. The number of nitrogens with zero attached hydrogens (tertiary/aromatic N) is 1. The van der Waals surface area contributed by atoms with E-state index in [0.717, 1.165) is 13.0 Å². The van der Waals surface area contributed by atoms with E-state index in [4.69, 9.17) is 10.5 Å². The number of ether oxygens (including phenoxy) is 1. The molecule has 0 aromatic rings. The number of hydrogen-bond acceptors (Lipinski definition) is 4. The minimum atomic E-state index is -0.393. The number of nitrogens with one attached hydrogen (secondary N) is 1. The van der Waals surface area contributed by atoms with Gasteiger partial charge in [0.25, 0.3) is 0 Å². The minimum absolute atomic E-state index is 0.00449. The number of methoxy groups -OCH3 is 1. The quantitative estimate of drug-likeness (QED) is 0.653. The number of carbonyl (C=O) groups is 1. The summed E-state index contributed by atoms with van der Waals surface area (Å²) >= 11 is 0. The Bertz CT molecular complexity index is 277. The summed E-state index contributed by atoms with van der Waals surface area (Å²) in [5.41, 5.74) is 5.89. The Morgan fingerprint density at radius 3 is 2.78 bits per heavy atom. The molecule has 0 saturated carbocycles. The molecule has 3 rings (SSSR count). The average Bonchev–Trinajstić information content (AvgIpc) is 2.40. The summed E-state index contributed by atoms with van der Waals surface area (Å²) in [7, 11) is 1.67. The van der Waals surface area contributed by atoms with Crippen LogP contribution in [0.3, 0.4) is 0 Å². The van der Waals surface area contributed by atoms with Gasteiger partial charge in [-0.2, -0.15) is 0 Å². The molecular formula is C13H25N3O2. The Morgan fingerprint density at radius 1 is 1.50 bits per heavy atom. The Labute approximate surface area is 109 Å². The summed E-state index contributed by atoms with van der Waals surface area (Å²) in [6.07, 6.45) is 3.96. The van der Waals surface area contributed by atoms with Crippen molar-refractivity contribution in [1.29, 1.82) is 0 Å². The SMILES string of the molecule is COCCCC(N)C(=O)NC1CN2CCC1CC2. The Morgan fingerprint density at radius 2 is 2.22 bits per heavy atom. The van der Waals surface area contributed by atoms with Crippen LogP contribution in [0.1, 0.15) is 25.7 Å². The minimum Gasteiger partial charge on any atom is -0.385 e. The molecule has 0 aliphatic carbocycles. The molecule has 1 amide bonds. The van der Waals surface area contributed by atoms with Gasteiger partial charge in [0.2, 0.25) is 5.91 Å². The number of piperidine rings is 3. The summed E-state index contributed by atoms with van der Waals surface area (Å²) in [6, 6.07) is -0.0796. The number of hydrogen-bond donors (Lipinski definition) is 2. The maximum absolute atomic E-state index is 12.0. The summed E-state index contributed by atoms with van der Waals surface area (Å²) in [5.74, 6) is 0.662. The smallest absolute Gasteiger partial charge is 0.237 e. The highest BCUT2D eigenvalue weighted by Gasteiger charge is 2.35. The van der Waals surface area contributed by atoms with Crippen LogP contribution >= 0.6 is 0 Å². The number of nitrogens with two attached hydrogens (primary N) is 1. The van der Waals surface area contributed by atoms with Gasteiger partial charge in [-0.3, -0.25) is 4.79 Å². The topological polar surface area (TPSA) is 67.6 Å². The molecule has 3 saturated heterocycles. The second-order valence-corrected chi connectivity index (χ2v) is 5.49. The van der Waals surface area contributed by atoms with Gasteiger partial charge in [0, 0.05) is 26.3 Å². The van der Waals surface area contributed by atoms with Crippen molar-refractivity contribution in [3.8, 4) is 0 Å². The summed E-state index contributed by atoms with van der Waals surface area (Å²) in [6.45, 7) is 4.05. The van der Waals surface area contributed by atoms with E-state index in [9.17, 15) is 4.79 Å². The lowest BCUT2D eigenvalue weighted by Gasteiger charge is -2.45. The lowest BCUT2D eigenvalue weighted by molar-refractivity contribution is -0.124. The lowest BCUT2D eigenvalue weighted by Crippen LogP contribution is -2.59. The van der Waals surface area contributed by atoms with Gasteiger partial charge in [0.05, 0.1) is 6.04 Å². The molecule has 3 heterocycles. The van der Waals surface area contributed by atoms with Crippen molar-refractivity contribution in [2.75, 3.05) is 33.4 Å². The first-order chi connectivity index (χ1) is 8.70. The molecule has 0 spiro atoms. The van der Waals surface area contributed by atoms with E-state index in [0.29, 0.717) is 25.0 Å². The Kier molecular flexibility index (Phi) is 4.97. The maximum atomic E-state index is 12.0. The maximum Gasteiger partial charge on any atom is 0.237 e. The fourth-order valence-corrected chi connectivity index (χ4v) is 3.00. The van der Waals surface area contributed by atoms with Crippen molar-refractivity contribution < 1.29 is 9.53 Å². The van der Waals surface area contributed by atoms with Crippen LogP contribution in [0.15, 0.2) is 0 Å². The van der Waals surface area contributed by atoms with Crippen LogP contribution < -0.4 is 11.1 Å². The van der Waals surface area contributed by atoms with Crippen molar-refractivity contribution in [2.45, 2.75) is 37.8 Å². The average molecular weight is 255 g/mol. The van der Waals surface area contributed by atoms with E-state index >= 15 is 0 Å². The van der Waals surface area contributed by atoms with Gasteiger partial charge in [0.15, 0.2) is 0 Å². The fourth-order valence-electron chi connectivity index (χ4n) is 3.00. The van der Waals surface area contributed by atoms with Crippen molar-refractivity contribution in [3.05, 3.63) is 0 Å². The number of fused-ring (bicyclic) bond motifs is 3. The molecule has 3 aliphatic heterocycles. The summed E-state index contributed by atoms with van der Waals surface area (Å²) < 4.78 is 4.97. The number of amides is 1. The van der Waals surface area contributed by atoms with Gasteiger partial charge in [-0.15, -0.1) is 0 Å². The molecule has 0 radical (unpaired) electrons. The van der Waals surface area contributed by atoms with Gasteiger partial charge in [0.1, 0.15) is 0 Å². The van der Waals surface area contributed by atoms with Crippen LogP contribution in [-0.2, 0) is 9.53 Å². The molecule has 18 heavy (non-hydrogen) atoms. The molecule has 3 N–H and O–H groups in total. The van der Waals surface area contributed by atoms with Gasteiger partial charge < -0.3 is 20.7 Å². The molecule has 5 heteroatoms. The Balaban J connectivity index is 1.73. The van der Waals surface area contributed by atoms with Crippen molar-refractivity contribution >= 4 is 5.91 Å². The fraction of sp³-hybridized carbons (Fsp3) is 0.923. The molecule has 0 aromatic carbocycles. The lowest BCUT2D eigenvalue weighted by atomic mass is 9.84. The van der Waals surface area contributed by atoms with Crippen LogP contribution in [-0.4, -0.2) is 56.2 Å². The summed E-state index contributed by atoms with van der Waals surface area (Å²) in [4.78, 5) is 14.4. The highest BCUT2D eigenvalue weighted by atomic mass is 16.5. The molecular weight excluding hydrogens is 230 g/mol. The van der Waals surface area contributed by atoms with E-state index in [1.807, 2.05) is 0 Å². The van der Waals surface area contributed by atoms with E-state index in [2.05, 4.69) is 10.2 Å². The van der Waals surface area contributed by atoms with Crippen LogP contribution in [0.5, 0.6) is 0 Å². The highest BCUT2D eigenvalue weighted by Crippen LogP contribution is 2.27. The van der Waals surface area contributed by atoms with Crippen LogP contribution in [0.2, 0.25) is 0 Å². The predicted octanol–water partition coefficient (Wildman–Crippen LogP) is -0.0493. The van der Waals surface area contributed by atoms with Crippen molar-refractivity contribution in [2.24, 2.45) is 11.7 Å². The standard InChI is InChI=1S/C13H25N3O2/c1-18-8-2-3-11(14)13(17)15-12-9-16-6-4-10(12)5-7-16/h10-12H,2-9,14H2,1H3,(H,15,17). The molecule has 2 unspecified atom stereocenters. The molecule has 0 aromatic heterocycles. The molecule has 3 aliphatic rings. The van der Waals surface area contributed by atoms with E-state index in [1.165, 1.54) is 25.9 Å². The van der Waals surface area contributed by atoms with Gasteiger partial charge in [-0.25, -0.2) is 0 Å². The van der Waals surface area contributed by atoms with Crippen LogP contribution in [0, 0.1) is 5.92 Å². The third kappa shape index (κ3) is 3.43. The normalized spacial score (nSPS) is 32.2. The van der Waals surface area contributed by atoms with E-state index in [-0.39, 0.29) is 5.91 Å². The first-order valence-corrected chi connectivity index (χ1v) is 6.98.